The molecule has 2 N–H and O–H groups in total. The van der Waals surface area contributed by atoms with E-state index in [1.807, 2.05) is 6.07 Å². The molecule has 124 valence electrons. The van der Waals surface area contributed by atoms with Gasteiger partial charge in [0.1, 0.15) is 0 Å². The highest BCUT2D eigenvalue weighted by atomic mass is 16.2. The van der Waals surface area contributed by atoms with Crippen molar-refractivity contribution in [2.75, 3.05) is 26.2 Å². The molecule has 2 aliphatic heterocycles. The van der Waals surface area contributed by atoms with Crippen LogP contribution in [0.2, 0.25) is 0 Å². The standard InChI is InChI=1S/C19H27N3O/c23-19(21-14-16-9-11-20-12-10-16)18-8-4-5-13-22(18)15-17-6-2-1-3-7-17/h1-3,6-7,9,18,20H,4-5,8,10-15H2,(H,21,23). The van der Waals surface area contributed by atoms with Gasteiger partial charge in [-0.1, -0.05) is 48.4 Å². The molecule has 4 nitrogen and oxygen atoms in total. The Morgan fingerprint density at radius 2 is 2.13 bits per heavy atom. The topological polar surface area (TPSA) is 44.4 Å². The van der Waals surface area contributed by atoms with Crippen LogP contribution in [0.5, 0.6) is 0 Å². The summed E-state index contributed by atoms with van der Waals surface area (Å²) in [6, 6.07) is 10.5. The zero-order valence-corrected chi connectivity index (χ0v) is 13.8. The van der Waals surface area contributed by atoms with Crippen LogP contribution in [0.4, 0.5) is 0 Å². The average molecular weight is 313 g/mol. The Morgan fingerprint density at radius 1 is 1.26 bits per heavy atom. The first-order valence-corrected chi connectivity index (χ1v) is 8.77. The van der Waals surface area contributed by atoms with Crippen LogP contribution in [0.15, 0.2) is 42.0 Å². The number of hydrogen-bond donors (Lipinski definition) is 2. The van der Waals surface area contributed by atoms with Gasteiger partial charge in [0.05, 0.1) is 6.04 Å². The predicted octanol–water partition coefficient (Wildman–Crippen LogP) is 2.08. The summed E-state index contributed by atoms with van der Waals surface area (Å²) < 4.78 is 0. The van der Waals surface area contributed by atoms with Crippen molar-refractivity contribution in [3.63, 3.8) is 0 Å². The molecule has 1 atom stereocenters. The van der Waals surface area contributed by atoms with Crippen molar-refractivity contribution >= 4 is 5.91 Å². The van der Waals surface area contributed by atoms with E-state index in [-0.39, 0.29) is 11.9 Å². The van der Waals surface area contributed by atoms with Gasteiger partial charge in [-0.05, 0) is 37.9 Å². The molecule has 1 aromatic rings. The number of carbonyl (C=O) groups excluding carboxylic acids is 1. The molecule has 0 bridgehead atoms. The summed E-state index contributed by atoms with van der Waals surface area (Å²) in [5.41, 5.74) is 2.63. The molecule has 0 saturated carbocycles. The van der Waals surface area contributed by atoms with Gasteiger partial charge in [0.2, 0.25) is 5.91 Å². The van der Waals surface area contributed by atoms with Crippen molar-refractivity contribution in [2.45, 2.75) is 38.3 Å². The highest BCUT2D eigenvalue weighted by molar-refractivity contribution is 5.82. The molecule has 4 heteroatoms. The fourth-order valence-electron chi connectivity index (χ4n) is 3.44. The molecule has 1 saturated heterocycles. The average Bonchev–Trinajstić information content (AvgIpc) is 2.62. The third kappa shape index (κ3) is 4.66. The Morgan fingerprint density at radius 3 is 2.91 bits per heavy atom. The molecule has 1 fully saturated rings. The Bertz CT molecular complexity index is 541. The minimum absolute atomic E-state index is 0.0197. The monoisotopic (exact) mass is 313 g/mol. The summed E-state index contributed by atoms with van der Waals surface area (Å²) in [4.78, 5) is 15.0. The fraction of sp³-hybridized carbons (Fsp3) is 0.526. The Kier molecular flexibility index (Phi) is 5.83. The number of carbonyl (C=O) groups is 1. The predicted molar refractivity (Wildman–Crippen MR) is 93.1 cm³/mol. The molecular weight excluding hydrogens is 286 g/mol. The lowest BCUT2D eigenvalue weighted by molar-refractivity contribution is -0.127. The minimum atomic E-state index is 0.0197. The van der Waals surface area contributed by atoms with E-state index in [9.17, 15) is 4.79 Å². The second kappa shape index (κ2) is 8.27. The second-order valence-corrected chi connectivity index (χ2v) is 6.50. The molecule has 0 aromatic heterocycles. The smallest absolute Gasteiger partial charge is 0.237 e. The van der Waals surface area contributed by atoms with E-state index < -0.39 is 0 Å². The highest BCUT2D eigenvalue weighted by Gasteiger charge is 2.28. The first-order valence-electron chi connectivity index (χ1n) is 8.77. The maximum Gasteiger partial charge on any atom is 0.237 e. The van der Waals surface area contributed by atoms with Crippen molar-refractivity contribution < 1.29 is 4.79 Å². The van der Waals surface area contributed by atoms with E-state index >= 15 is 0 Å². The van der Waals surface area contributed by atoms with Gasteiger partial charge in [0.25, 0.3) is 0 Å². The molecule has 0 aliphatic carbocycles. The first kappa shape index (κ1) is 16.2. The zero-order valence-electron chi connectivity index (χ0n) is 13.8. The van der Waals surface area contributed by atoms with Crippen molar-refractivity contribution in [3.05, 3.63) is 47.5 Å². The molecule has 1 amide bonds. The maximum absolute atomic E-state index is 12.6. The van der Waals surface area contributed by atoms with Gasteiger partial charge in [0, 0.05) is 19.6 Å². The van der Waals surface area contributed by atoms with E-state index in [1.54, 1.807) is 0 Å². The fourth-order valence-corrected chi connectivity index (χ4v) is 3.44. The number of likely N-dealkylation sites (tertiary alicyclic amines) is 1. The summed E-state index contributed by atoms with van der Waals surface area (Å²) in [6.45, 7) is 4.53. The van der Waals surface area contributed by atoms with Crippen molar-refractivity contribution in [2.24, 2.45) is 0 Å². The third-order valence-electron chi connectivity index (χ3n) is 4.79. The quantitative estimate of drug-likeness (QED) is 0.818. The Labute approximate surface area is 138 Å². The largest absolute Gasteiger partial charge is 0.351 e. The number of hydrogen-bond acceptors (Lipinski definition) is 3. The van der Waals surface area contributed by atoms with Crippen molar-refractivity contribution in [3.8, 4) is 0 Å². The van der Waals surface area contributed by atoms with E-state index in [0.29, 0.717) is 6.54 Å². The maximum atomic E-state index is 12.6. The van der Waals surface area contributed by atoms with Gasteiger partial charge >= 0.3 is 0 Å². The van der Waals surface area contributed by atoms with Crippen LogP contribution >= 0.6 is 0 Å². The summed E-state index contributed by atoms with van der Waals surface area (Å²) in [5.74, 6) is 0.195. The van der Waals surface area contributed by atoms with Crippen LogP contribution in [0.3, 0.4) is 0 Å². The van der Waals surface area contributed by atoms with E-state index in [1.165, 1.54) is 17.6 Å². The molecule has 23 heavy (non-hydrogen) atoms. The number of benzene rings is 1. The minimum Gasteiger partial charge on any atom is -0.351 e. The van der Waals surface area contributed by atoms with Crippen LogP contribution in [0, 0.1) is 0 Å². The molecule has 2 aliphatic rings. The van der Waals surface area contributed by atoms with Gasteiger partial charge in [-0.2, -0.15) is 0 Å². The molecule has 0 radical (unpaired) electrons. The summed E-state index contributed by atoms with van der Waals surface area (Å²) in [5, 5.41) is 6.46. The van der Waals surface area contributed by atoms with Gasteiger partial charge in [-0.15, -0.1) is 0 Å². The number of nitrogens with zero attached hydrogens (tertiary/aromatic N) is 1. The van der Waals surface area contributed by atoms with Gasteiger partial charge in [-0.25, -0.2) is 0 Å². The van der Waals surface area contributed by atoms with E-state index in [0.717, 1.165) is 45.4 Å². The number of piperidine rings is 1. The summed E-state index contributed by atoms with van der Waals surface area (Å²) >= 11 is 0. The second-order valence-electron chi connectivity index (χ2n) is 6.50. The van der Waals surface area contributed by atoms with Crippen LogP contribution in [-0.4, -0.2) is 43.0 Å². The number of amides is 1. The zero-order chi connectivity index (χ0) is 15.9. The number of rotatable bonds is 5. The van der Waals surface area contributed by atoms with Crippen LogP contribution in [0.25, 0.3) is 0 Å². The van der Waals surface area contributed by atoms with E-state index in [4.69, 9.17) is 0 Å². The van der Waals surface area contributed by atoms with Crippen LogP contribution < -0.4 is 10.6 Å². The first-order chi connectivity index (χ1) is 11.3. The lowest BCUT2D eigenvalue weighted by Gasteiger charge is -2.34. The Hall–Kier alpha value is -1.65. The number of nitrogens with one attached hydrogen (secondary N) is 2. The molecule has 3 rings (SSSR count). The molecular formula is C19H27N3O. The van der Waals surface area contributed by atoms with Crippen LogP contribution in [-0.2, 0) is 11.3 Å². The SMILES string of the molecule is O=C(NCC1=CCNCC1)C1CCCCN1Cc1ccccc1. The normalized spacial score (nSPS) is 22.4. The van der Waals surface area contributed by atoms with Crippen molar-refractivity contribution in [1.82, 2.24) is 15.5 Å². The Balaban J connectivity index is 1.56. The van der Waals surface area contributed by atoms with Crippen molar-refractivity contribution in [1.29, 1.82) is 0 Å². The lowest BCUT2D eigenvalue weighted by Crippen LogP contribution is -2.49. The summed E-state index contributed by atoms with van der Waals surface area (Å²) in [6.07, 6.45) is 6.55. The lowest BCUT2D eigenvalue weighted by atomic mass is 10.00. The van der Waals surface area contributed by atoms with Gasteiger partial charge in [-0.3, -0.25) is 9.69 Å². The third-order valence-corrected chi connectivity index (χ3v) is 4.79. The molecule has 2 heterocycles. The summed E-state index contributed by atoms with van der Waals surface area (Å²) in [7, 11) is 0. The highest BCUT2D eigenvalue weighted by Crippen LogP contribution is 2.20. The van der Waals surface area contributed by atoms with Gasteiger partial charge < -0.3 is 10.6 Å². The van der Waals surface area contributed by atoms with Gasteiger partial charge in [0.15, 0.2) is 0 Å². The van der Waals surface area contributed by atoms with E-state index in [2.05, 4.69) is 45.9 Å². The molecule has 0 spiro atoms. The molecule has 1 aromatic carbocycles. The molecule has 1 unspecified atom stereocenters. The van der Waals surface area contributed by atoms with Crippen LogP contribution in [0.1, 0.15) is 31.2 Å².